The second kappa shape index (κ2) is 6.37. The summed E-state index contributed by atoms with van der Waals surface area (Å²) in [7, 11) is 0. The van der Waals surface area contributed by atoms with Crippen molar-refractivity contribution >= 4 is 28.7 Å². The molecule has 0 aromatic heterocycles. The first-order valence-electron chi connectivity index (χ1n) is 6.73. The fourth-order valence-corrected chi connectivity index (χ4v) is 4.90. The van der Waals surface area contributed by atoms with Gasteiger partial charge in [0.05, 0.1) is 6.04 Å². The van der Waals surface area contributed by atoms with Crippen LogP contribution in [0.5, 0.6) is 0 Å². The molecule has 4 unspecified atom stereocenters. The summed E-state index contributed by atoms with van der Waals surface area (Å²) in [5.41, 5.74) is 0. The van der Waals surface area contributed by atoms with Crippen molar-refractivity contribution in [3.8, 4) is 0 Å². The number of thioether (sulfide) groups is 2. The Balaban J connectivity index is 2.00. The van der Waals surface area contributed by atoms with E-state index in [1.807, 2.05) is 23.5 Å². The molecule has 1 aliphatic heterocycles. The highest BCUT2D eigenvalue weighted by Crippen LogP contribution is 2.31. The van der Waals surface area contributed by atoms with Crippen LogP contribution < -0.4 is 5.32 Å². The van der Waals surface area contributed by atoms with E-state index in [1.165, 1.54) is 37.3 Å². The molecule has 4 atom stereocenters. The molecule has 1 N–H and O–H groups in total. The van der Waals surface area contributed by atoms with Gasteiger partial charge >= 0.3 is 0 Å². The highest BCUT2D eigenvalue weighted by atomic mass is 32.2. The fourth-order valence-electron chi connectivity index (χ4n) is 2.76. The van der Waals surface area contributed by atoms with Gasteiger partial charge < -0.3 is 5.32 Å². The van der Waals surface area contributed by atoms with Crippen molar-refractivity contribution in [2.75, 3.05) is 6.26 Å². The van der Waals surface area contributed by atoms with Crippen LogP contribution in [0.1, 0.15) is 46.0 Å². The average molecular weight is 272 g/mol. The van der Waals surface area contributed by atoms with E-state index < -0.39 is 0 Å². The molecule has 1 saturated heterocycles. The van der Waals surface area contributed by atoms with Crippen molar-refractivity contribution in [2.45, 2.75) is 68.5 Å². The van der Waals surface area contributed by atoms with Crippen LogP contribution in [0, 0.1) is 0 Å². The largest absolute Gasteiger partial charge is 0.362 e. The second-order valence-electron chi connectivity index (χ2n) is 5.27. The molecule has 0 spiro atoms. The Morgan fingerprint density at radius 3 is 2.76 bits per heavy atom. The van der Waals surface area contributed by atoms with Crippen LogP contribution in [0.25, 0.3) is 0 Å². The summed E-state index contributed by atoms with van der Waals surface area (Å²) in [6.45, 7) is 4.57. The Labute approximate surface area is 114 Å². The van der Waals surface area contributed by atoms with Gasteiger partial charge in [-0.1, -0.05) is 31.5 Å². The van der Waals surface area contributed by atoms with Crippen LogP contribution in [-0.4, -0.2) is 34.0 Å². The third-order valence-corrected chi connectivity index (χ3v) is 5.82. The van der Waals surface area contributed by atoms with Crippen LogP contribution in [0.2, 0.25) is 0 Å². The Hall–Kier alpha value is 0.170. The molecule has 0 aromatic rings. The Bertz CT molecular complexity index is 269. The summed E-state index contributed by atoms with van der Waals surface area (Å²) < 4.78 is 0. The van der Waals surface area contributed by atoms with E-state index in [9.17, 15) is 0 Å². The SMILES string of the molecule is CSC1CCCCC1N=C1NC(C)CC(C)S1. The minimum Gasteiger partial charge on any atom is -0.362 e. The first-order valence-corrected chi connectivity index (χ1v) is 8.89. The minimum atomic E-state index is 0.547. The van der Waals surface area contributed by atoms with E-state index in [2.05, 4.69) is 25.4 Å². The molecule has 1 heterocycles. The quantitative estimate of drug-likeness (QED) is 0.832. The first kappa shape index (κ1) is 13.6. The van der Waals surface area contributed by atoms with Gasteiger partial charge in [-0.2, -0.15) is 11.8 Å². The zero-order valence-corrected chi connectivity index (χ0v) is 12.7. The van der Waals surface area contributed by atoms with E-state index in [0.29, 0.717) is 17.3 Å². The molecule has 0 bridgehead atoms. The van der Waals surface area contributed by atoms with E-state index in [-0.39, 0.29) is 0 Å². The summed E-state index contributed by atoms with van der Waals surface area (Å²) in [5.74, 6) is 0. The smallest absolute Gasteiger partial charge is 0.157 e. The second-order valence-corrected chi connectivity index (χ2v) is 7.77. The number of hydrogen-bond donors (Lipinski definition) is 1. The van der Waals surface area contributed by atoms with Gasteiger partial charge in [-0.3, -0.25) is 4.99 Å². The van der Waals surface area contributed by atoms with Crippen LogP contribution in [0.3, 0.4) is 0 Å². The molecule has 0 radical (unpaired) electrons. The molecule has 2 fully saturated rings. The van der Waals surface area contributed by atoms with Crippen molar-refractivity contribution in [2.24, 2.45) is 4.99 Å². The van der Waals surface area contributed by atoms with Crippen molar-refractivity contribution in [1.29, 1.82) is 0 Å². The molecular formula is C13H24N2S2. The lowest BCUT2D eigenvalue weighted by molar-refractivity contribution is 0.454. The molecule has 2 nitrogen and oxygen atoms in total. The van der Waals surface area contributed by atoms with E-state index in [0.717, 1.165) is 5.25 Å². The maximum Gasteiger partial charge on any atom is 0.157 e. The maximum atomic E-state index is 5.00. The minimum absolute atomic E-state index is 0.547. The predicted octanol–water partition coefficient (Wildman–Crippen LogP) is 3.52. The van der Waals surface area contributed by atoms with Crippen molar-refractivity contribution in [1.82, 2.24) is 5.32 Å². The van der Waals surface area contributed by atoms with Gasteiger partial charge in [0, 0.05) is 16.5 Å². The topological polar surface area (TPSA) is 24.4 Å². The number of amidine groups is 1. The van der Waals surface area contributed by atoms with Crippen LogP contribution in [0.15, 0.2) is 4.99 Å². The lowest BCUT2D eigenvalue weighted by atomic mass is 9.95. The Morgan fingerprint density at radius 1 is 1.29 bits per heavy atom. The molecule has 4 heteroatoms. The number of rotatable bonds is 2. The number of hydrogen-bond acceptors (Lipinski definition) is 3. The molecule has 2 rings (SSSR count). The van der Waals surface area contributed by atoms with Gasteiger partial charge in [0.1, 0.15) is 0 Å². The van der Waals surface area contributed by atoms with E-state index in [1.54, 1.807) is 0 Å². The summed E-state index contributed by atoms with van der Waals surface area (Å²) in [5, 5.41) is 6.19. The summed E-state index contributed by atoms with van der Waals surface area (Å²) in [6, 6.07) is 1.13. The molecule has 1 saturated carbocycles. The van der Waals surface area contributed by atoms with Gasteiger partial charge in [0.25, 0.3) is 0 Å². The lowest BCUT2D eigenvalue weighted by Gasteiger charge is -2.31. The number of nitrogens with zero attached hydrogens (tertiary/aromatic N) is 1. The Morgan fingerprint density at radius 2 is 2.06 bits per heavy atom. The molecule has 2 aliphatic rings. The van der Waals surface area contributed by atoms with Crippen LogP contribution in [0.4, 0.5) is 0 Å². The van der Waals surface area contributed by atoms with Gasteiger partial charge in [0.15, 0.2) is 5.17 Å². The lowest BCUT2D eigenvalue weighted by Crippen LogP contribution is -2.40. The third-order valence-electron chi connectivity index (χ3n) is 3.62. The average Bonchev–Trinajstić information content (AvgIpc) is 2.28. The summed E-state index contributed by atoms with van der Waals surface area (Å²) in [6.07, 6.45) is 8.85. The standard InChI is InChI=1S/C13H24N2S2/c1-9-8-10(2)17-13(14-9)15-11-6-4-5-7-12(11)16-3/h9-12H,4-8H2,1-3H3,(H,14,15). The van der Waals surface area contributed by atoms with Gasteiger partial charge in [-0.15, -0.1) is 0 Å². The Kier molecular flexibility index (Phi) is 5.10. The first-order chi connectivity index (χ1) is 8.19. The third kappa shape index (κ3) is 3.82. The van der Waals surface area contributed by atoms with Gasteiger partial charge in [0.2, 0.25) is 0 Å². The van der Waals surface area contributed by atoms with Crippen molar-refractivity contribution in [3.05, 3.63) is 0 Å². The van der Waals surface area contributed by atoms with Gasteiger partial charge in [-0.05, 0) is 32.4 Å². The van der Waals surface area contributed by atoms with Crippen molar-refractivity contribution in [3.63, 3.8) is 0 Å². The van der Waals surface area contributed by atoms with E-state index in [4.69, 9.17) is 4.99 Å². The summed E-state index contributed by atoms with van der Waals surface area (Å²) >= 11 is 3.93. The van der Waals surface area contributed by atoms with Gasteiger partial charge in [-0.25, -0.2) is 0 Å². The number of nitrogens with one attached hydrogen (secondary N) is 1. The fraction of sp³-hybridized carbons (Fsp3) is 0.923. The molecule has 0 amide bonds. The van der Waals surface area contributed by atoms with Crippen LogP contribution >= 0.6 is 23.5 Å². The highest BCUT2D eigenvalue weighted by Gasteiger charge is 2.26. The normalized spacial score (nSPS) is 41.2. The predicted molar refractivity (Wildman–Crippen MR) is 81.3 cm³/mol. The van der Waals surface area contributed by atoms with Crippen LogP contribution in [-0.2, 0) is 0 Å². The molecule has 1 aliphatic carbocycles. The van der Waals surface area contributed by atoms with Crippen molar-refractivity contribution < 1.29 is 0 Å². The zero-order chi connectivity index (χ0) is 12.3. The molecule has 17 heavy (non-hydrogen) atoms. The number of aliphatic imine (C=N–C) groups is 1. The van der Waals surface area contributed by atoms with E-state index >= 15 is 0 Å². The monoisotopic (exact) mass is 272 g/mol. The highest BCUT2D eigenvalue weighted by molar-refractivity contribution is 8.14. The summed E-state index contributed by atoms with van der Waals surface area (Å²) in [4.78, 5) is 5.00. The molecule has 0 aromatic carbocycles. The molecule has 98 valence electrons. The maximum absolute atomic E-state index is 5.00. The molecular weight excluding hydrogens is 248 g/mol. The zero-order valence-electron chi connectivity index (χ0n) is 11.1.